The molecule has 1 aliphatic carbocycles. The lowest BCUT2D eigenvalue weighted by molar-refractivity contribution is 0.372. The van der Waals surface area contributed by atoms with E-state index in [2.05, 4.69) is 15.2 Å². The Hall–Kier alpha value is -2.25. The number of hydrogen-bond donors (Lipinski definition) is 1. The molecule has 0 bridgehead atoms. The van der Waals surface area contributed by atoms with Crippen LogP contribution in [0.3, 0.4) is 0 Å². The molecule has 1 aromatic carbocycles. The van der Waals surface area contributed by atoms with Gasteiger partial charge in [-0.15, -0.1) is 12.4 Å². The monoisotopic (exact) mass is 349 g/mol. The number of hydrogen-bond acceptors (Lipinski definition) is 5. The number of para-hydroxylation sites is 1. The van der Waals surface area contributed by atoms with Gasteiger partial charge in [0, 0.05) is 6.20 Å². The Morgan fingerprint density at radius 1 is 1.17 bits per heavy atom. The third-order valence-electron chi connectivity index (χ3n) is 4.27. The molecule has 6 nitrogen and oxygen atoms in total. The van der Waals surface area contributed by atoms with E-state index in [1.807, 2.05) is 0 Å². The van der Waals surface area contributed by atoms with Gasteiger partial charge in [0.25, 0.3) is 5.89 Å². The zero-order chi connectivity index (χ0) is 15.9. The lowest BCUT2D eigenvalue weighted by atomic mass is 9.99. The highest BCUT2D eigenvalue weighted by atomic mass is 35.5. The first-order valence-electron chi connectivity index (χ1n) is 7.60. The van der Waals surface area contributed by atoms with Crippen molar-refractivity contribution in [3.05, 3.63) is 48.2 Å². The summed E-state index contributed by atoms with van der Waals surface area (Å²) in [5, 5.41) is 8.33. The lowest BCUT2D eigenvalue weighted by Crippen LogP contribution is -2.34. The summed E-state index contributed by atoms with van der Waals surface area (Å²) in [5.41, 5.74) is 6.68. The topological polar surface area (TPSA) is 82.8 Å². The molecule has 0 amide bonds. The molecule has 3 aromatic rings. The van der Waals surface area contributed by atoms with E-state index in [1.54, 1.807) is 30.5 Å². The van der Waals surface area contributed by atoms with Crippen molar-refractivity contribution in [3.63, 3.8) is 0 Å². The molecule has 1 saturated carbocycles. The highest BCUT2D eigenvalue weighted by Gasteiger charge is 2.36. The van der Waals surface area contributed by atoms with Crippen molar-refractivity contribution in [2.45, 2.75) is 31.2 Å². The van der Waals surface area contributed by atoms with Gasteiger partial charge in [-0.2, -0.15) is 10.1 Å². The Labute approximate surface area is 144 Å². The third kappa shape index (κ3) is 2.81. The first kappa shape index (κ1) is 16.6. The molecule has 0 spiro atoms. The number of halogens is 2. The summed E-state index contributed by atoms with van der Waals surface area (Å²) >= 11 is 0. The second-order valence-corrected chi connectivity index (χ2v) is 5.88. The number of benzene rings is 1. The number of nitrogens with zero attached hydrogens (tertiary/aromatic N) is 4. The Balaban J connectivity index is 0.00000169. The van der Waals surface area contributed by atoms with Crippen molar-refractivity contribution in [2.24, 2.45) is 5.73 Å². The summed E-state index contributed by atoms with van der Waals surface area (Å²) < 4.78 is 20.6. The van der Waals surface area contributed by atoms with Crippen molar-refractivity contribution < 1.29 is 8.91 Å². The van der Waals surface area contributed by atoms with Crippen LogP contribution in [0.5, 0.6) is 0 Å². The van der Waals surface area contributed by atoms with E-state index in [0.29, 0.717) is 23.1 Å². The van der Waals surface area contributed by atoms with E-state index in [0.717, 1.165) is 25.7 Å². The molecule has 126 valence electrons. The minimum Gasteiger partial charge on any atom is -0.332 e. The molecule has 2 heterocycles. The number of nitrogens with two attached hydrogens (primary N) is 1. The van der Waals surface area contributed by atoms with Crippen LogP contribution < -0.4 is 5.73 Å². The van der Waals surface area contributed by atoms with Crippen LogP contribution in [0.15, 0.2) is 41.1 Å². The fraction of sp³-hybridized carbons (Fsp3) is 0.312. The predicted octanol–water partition coefficient (Wildman–Crippen LogP) is 3.21. The van der Waals surface area contributed by atoms with E-state index < -0.39 is 5.54 Å². The molecule has 0 unspecified atom stereocenters. The van der Waals surface area contributed by atoms with Crippen LogP contribution >= 0.6 is 12.4 Å². The predicted molar refractivity (Wildman–Crippen MR) is 88.4 cm³/mol. The van der Waals surface area contributed by atoms with Crippen LogP contribution in [0, 0.1) is 5.82 Å². The molecule has 1 aliphatic rings. The van der Waals surface area contributed by atoms with Crippen molar-refractivity contribution in [2.75, 3.05) is 0 Å². The quantitative estimate of drug-likeness (QED) is 0.785. The van der Waals surface area contributed by atoms with Gasteiger partial charge in [-0.25, -0.2) is 9.07 Å². The molecular weight excluding hydrogens is 333 g/mol. The van der Waals surface area contributed by atoms with Gasteiger partial charge in [-0.1, -0.05) is 30.1 Å². The highest BCUT2D eigenvalue weighted by Crippen LogP contribution is 2.35. The average Bonchev–Trinajstić information content (AvgIpc) is 3.27. The van der Waals surface area contributed by atoms with Gasteiger partial charge < -0.3 is 10.3 Å². The van der Waals surface area contributed by atoms with Crippen molar-refractivity contribution in [1.82, 2.24) is 19.9 Å². The Morgan fingerprint density at radius 2 is 1.92 bits per heavy atom. The van der Waals surface area contributed by atoms with E-state index in [4.69, 9.17) is 10.3 Å². The number of rotatable bonds is 3. The summed E-state index contributed by atoms with van der Waals surface area (Å²) in [5.74, 6) is 0.470. The van der Waals surface area contributed by atoms with Crippen molar-refractivity contribution >= 4 is 12.4 Å². The fourth-order valence-corrected chi connectivity index (χ4v) is 2.97. The van der Waals surface area contributed by atoms with Gasteiger partial charge in [0.15, 0.2) is 11.5 Å². The molecule has 2 N–H and O–H groups in total. The summed E-state index contributed by atoms with van der Waals surface area (Å²) in [6, 6.07) is 8.14. The minimum atomic E-state index is -0.504. The lowest BCUT2D eigenvalue weighted by Gasteiger charge is -2.17. The van der Waals surface area contributed by atoms with Crippen molar-refractivity contribution in [1.29, 1.82) is 0 Å². The molecule has 0 saturated heterocycles. The van der Waals surface area contributed by atoms with Crippen LogP contribution in [0.1, 0.15) is 31.5 Å². The van der Waals surface area contributed by atoms with Crippen LogP contribution in [-0.2, 0) is 5.54 Å². The van der Waals surface area contributed by atoms with Gasteiger partial charge >= 0.3 is 0 Å². The minimum absolute atomic E-state index is 0. The first-order chi connectivity index (χ1) is 11.2. The molecule has 0 aliphatic heterocycles. The second kappa shape index (κ2) is 6.33. The molecule has 4 rings (SSSR count). The largest absolute Gasteiger partial charge is 0.332 e. The Kier molecular flexibility index (Phi) is 4.38. The van der Waals surface area contributed by atoms with E-state index in [1.165, 1.54) is 10.7 Å². The van der Waals surface area contributed by atoms with Gasteiger partial charge in [-0.05, 0) is 31.0 Å². The molecule has 8 heteroatoms. The maximum Gasteiger partial charge on any atom is 0.278 e. The van der Waals surface area contributed by atoms with Crippen LogP contribution in [0.4, 0.5) is 4.39 Å². The molecule has 2 aromatic heterocycles. The van der Waals surface area contributed by atoms with E-state index in [-0.39, 0.29) is 18.2 Å². The van der Waals surface area contributed by atoms with Crippen molar-refractivity contribution in [3.8, 4) is 17.3 Å². The van der Waals surface area contributed by atoms with Gasteiger partial charge in [0.05, 0.1) is 5.54 Å². The molecule has 0 radical (unpaired) electrons. The normalized spacial score (nSPS) is 16.1. The summed E-state index contributed by atoms with van der Waals surface area (Å²) in [6.45, 7) is 0. The zero-order valence-corrected chi connectivity index (χ0v) is 13.7. The van der Waals surface area contributed by atoms with Crippen LogP contribution in [-0.4, -0.2) is 19.9 Å². The van der Waals surface area contributed by atoms with Crippen LogP contribution in [0.2, 0.25) is 0 Å². The van der Waals surface area contributed by atoms with E-state index in [9.17, 15) is 4.39 Å². The third-order valence-corrected chi connectivity index (χ3v) is 4.27. The average molecular weight is 350 g/mol. The first-order valence-corrected chi connectivity index (χ1v) is 7.60. The Bertz CT molecular complexity index is 840. The maximum atomic E-state index is 13.8. The zero-order valence-electron chi connectivity index (χ0n) is 12.9. The fourth-order valence-electron chi connectivity index (χ4n) is 2.97. The molecular formula is C16H17ClFN5O. The standard InChI is InChI=1S/C16H16FN5O.ClH/c17-11-5-1-2-6-13(11)22-10-7-12(20-22)14-19-15(21-23-14)16(18)8-3-4-9-16;/h1-2,5-7,10H,3-4,8-9,18H2;1H. The highest BCUT2D eigenvalue weighted by molar-refractivity contribution is 5.85. The number of aromatic nitrogens is 4. The molecule has 1 fully saturated rings. The second-order valence-electron chi connectivity index (χ2n) is 5.88. The summed E-state index contributed by atoms with van der Waals surface area (Å²) in [7, 11) is 0. The van der Waals surface area contributed by atoms with Gasteiger partial charge in [0.1, 0.15) is 11.5 Å². The summed E-state index contributed by atoms with van der Waals surface area (Å²) in [4.78, 5) is 4.39. The smallest absolute Gasteiger partial charge is 0.278 e. The molecule has 0 atom stereocenters. The SMILES string of the molecule is Cl.NC1(c2noc(-c3ccn(-c4ccccc4F)n3)n2)CCCC1. The van der Waals surface area contributed by atoms with Crippen LogP contribution in [0.25, 0.3) is 17.3 Å². The maximum absolute atomic E-state index is 13.8. The van der Waals surface area contributed by atoms with Gasteiger partial charge in [0.2, 0.25) is 0 Å². The summed E-state index contributed by atoms with van der Waals surface area (Å²) in [6.07, 6.45) is 5.52. The Morgan fingerprint density at radius 3 is 2.67 bits per heavy atom. The molecule has 24 heavy (non-hydrogen) atoms. The van der Waals surface area contributed by atoms with Gasteiger partial charge in [-0.3, -0.25) is 0 Å². The van der Waals surface area contributed by atoms with E-state index >= 15 is 0 Å².